The SMILES string of the molecule is Cc1ccccc1C(CNC1CC1)Cc1cccc(Br)c1. The van der Waals surface area contributed by atoms with Crippen molar-refractivity contribution in [3.8, 4) is 0 Å². The summed E-state index contributed by atoms with van der Waals surface area (Å²) >= 11 is 3.58. The summed E-state index contributed by atoms with van der Waals surface area (Å²) in [6, 6.07) is 18.2. The van der Waals surface area contributed by atoms with Crippen LogP contribution in [0.4, 0.5) is 0 Å². The Morgan fingerprint density at radius 2 is 1.95 bits per heavy atom. The molecule has 1 N–H and O–H groups in total. The van der Waals surface area contributed by atoms with Crippen LogP contribution >= 0.6 is 15.9 Å². The highest BCUT2D eigenvalue weighted by molar-refractivity contribution is 9.10. The molecule has 1 atom stereocenters. The molecule has 1 aliphatic carbocycles. The van der Waals surface area contributed by atoms with E-state index in [1.807, 2.05) is 0 Å². The summed E-state index contributed by atoms with van der Waals surface area (Å²) < 4.78 is 1.17. The number of hydrogen-bond donors (Lipinski definition) is 1. The van der Waals surface area contributed by atoms with E-state index in [-0.39, 0.29) is 0 Å². The van der Waals surface area contributed by atoms with Crippen LogP contribution in [0.3, 0.4) is 0 Å². The van der Waals surface area contributed by atoms with Crippen LogP contribution in [0.5, 0.6) is 0 Å². The van der Waals surface area contributed by atoms with Gasteiger partial charge in [-0.3, -0.25) is 0 Å². The van der Waals surface area contributed by atoms with E-state index in [0.29, 0.717) is 5.92 Å². The highest BCUT2D eigenvalue weighted by Crippen LogP contribution is 2.26. The summed E-state index contributed by atoms with van der Waals surface area (Å²) in [6.07, 6.45) is 3.78. The average molecular weight is 344 g/mol. The lowest BCUT2D eigenvalue weighted by molar-refractivity contribution is 0.575. The molecule has 3 rings (SSSR count). The maximum atomic E-state index is 3.71. The lowest BCUT2D eigenvalue weighted by atomic mass is 9.89. The Morgan fingerprint density at radius 1 is 1.14 bits per heavy atom. The van der Waals surface area contributed by atoms with Gasteiger partial charge < -0.3 is 5.32 Å². The first-order valence-corrected chi connectivity index (χ1v) is 8.55. The predicted octanol–water partition coefficient (Wildman–Crippen LogP) is 4.84. The van der Waals surface area contributed by atoms with E-state index in [2.05, 4.69) is 76.7 Å². The summed E-state index contributed by atoms with van der Waals surface area (Å²) in [4.78, 5) is 0. The second kappa shape index (κ2) is 6.76. The first-order chi connectivity index (χ1) is 10.2. The van der Waals surface area contributed by atoms with Crippen LogP contribution in [-0.2, 0) is 6.42 Å². The maximum absolute atomic E-state index is 3.71. The molecule has 0 bridgehead atoms. The molecule has 2 aromatic carbocycles. The van der Waals surface area contributed by atoms with Crippen molar-refractivity contribution in [2.75, 3.05) is 6.54 Å². The molecule has 0 spiro atoms. The zero-order chi connectivity index (χ0) is 14.7. The van der Waals surface area contributed by atoms with E-state index in [9.17, 15) is 0 Å². The van der Waals surface area contributed by atoms with Crippen molar-refractivity contribution in [1.29, 1.82) is 0 Å². The van der Waals surface area contributed by atoms with E-state index in [1.165, 1.54) is 34.0 Å². The van der Waals surface area contributed by atoms with Crippen molar-refractivity contribution >= 4 is 15.9 Å². The predicted molar refractivity (Wildman–Crippen MR) is 92.8 cm³/mol. The molecule has 0 heterocycles. The molecule has 1 unspecified atom stereocenters. The lowest BCUT2D eigenvalue weighted by Gasteiger charge is -2.20. The number of aryl methyl sites for hydroxylation is 1. The van der Waals surface area contributed by atoms with Crippen LogP contribution in [0.2, 0.25) is 0 Å². The van der Waals surface area contributed by atoms with Gasteiger partial charge >= 0.3 is 0 Å². The number of nitrogens with one attached hydrogen (secondary N) is 1. The molecule has 0 amide bonds. The first kappa shape index (κ1) is 14.8. The van der Waals surface area contributed by atoms with Crippen molar-refractivity contribution in [1.82, 2.24) is 5.32 Å². The van der Waals surface area contributed by atoms with Crippen molar-refractivity contribution < 1.29 is 0 Å². The molecule has 0 aliphatic heterocycles. The molecular weight excluding hydrogens is 322 g/mol. The third-order valence-electron chi connectivity index (χ3n) is 4.23. The van der Waals surface area contributed by atoms with Crippen molar-refractivity contribution in [2.45, 2.75) is 38.1 Å². The molecule has 21 heavy (non-hydrogen) atoms. The van der Waals surface area contributed by atoms with Crippen LogP contribution in [0, 0.1) is 6.92 Å². The van der Waals surface area contributed by atoms with Crippen LogP contribution in [-0.4, -0.2) is 12.6 Å². The number of hydrogen-bond acceptors (Lipinski definition) is 1. The second-order valence-electron chi connectivity index (χ2n) is 6.07. The largest absolute Gasteiger partial charge is 0.313 e. The third kappa shape index (κ3) is 4.18. The van der Waals surface area contributed by atoms with Gasteiger partial charge in [-0.05, 0) is 55.0 Å². The van der Waals surface area contributed by atoms with Crippen LogP contribution < -0.4 is 5.32 Å². The molecule has 0 aromatic heterocycles. The standard InChI is InChI=1S/C19H22BrN/c1-14-5-2-3-8-19(14)16(13-21-18-9-10-18)11-15-6-4-7-17(20)12-15/h2-8,12,16,18,21H,9-11,13H2,1H3. The zero-order valence-corrected chi connectivity index (χ0v) is 14.1. The van der Waals surface area contributed by atoms with Gasteiger partial charge in [-0.25, -0.2) is 0 Å². The summed E-state index contributed by atoms with van der Waals surface area (Å²) in [6.45, 7) is 3.29. The topological polar surface area (TPSA) is 12.0 Å². The summed E-state index contributed by atoms with van der Waals surface area (Å²) in [5.74, 6) is 0.543. The summed E-state index contributed by atoms with van der Waals surface area (Å²) in [7, 11) is 0. The molecular formula is C19H22BrN. The van der Waals surface area contributed by atoms with Gasteiger partial charge in [0.2, 0.25) is 0 Å². The molecule has 1 nitrogen and oxygen atoms in total. The monoisotopic (exact) mass is 343 g/mol. The van der Waals surface area contributed by atoms with E-state index < -0.39 is 0 Å². The van der Waals surface area contributed by atoms with Gasteiger partial charge in [-0.2, -0.15) is 0 Å². The number of benzene rings is 2. The fourth-order valence-corrected chi connectivity index (χ4v) is 3.33. The molecule has 0 saturated heterocycles. The average Bonchev–Trinajstić information content (AvgIpc) is 3.28. The van der Waals surface area contributed by atoms with E-state index in [0.717, 1.165) is 19.0 Å². The van der Waals surface area contributed by atoms with Crippen molar-refractivity contribution in [3.63, 3.8) is 0 Å². The molecule has 110 valence electrons. The zero-order valence-electron chi connectivity index (χ0n) is 12.5. The Morgan fingerprint density at radius 3 is 2.67 bits per heavy atom. The maximum Gasteiger partial charge on any atom is 0.0177 e. The van der Waals surface area contributed by atoms with Gasteiger partial charge in [0, 0.05) is 23.0 Å². The Balaban J connectivity index is 1.79. The Kier molecular flexibility index (Phi) is 4.77. The third-order valence-corrected chi connectivity index (χ3v) is 4.72. The minimum atomic E-state index is 0.543. The molecule has 2 aromatic rings. The Labute approximate surface area is 135 Å². The van der Waals surface area contributed by atoms with Crippen molar-refractivity contribution in [2.24, 2.45) is 0 Å². The fourth-order valence-electron chi connectivity index (χ4n) is 2.88. The lowest BCUT2D eigenvalue weighted by Crippen LogP contribution is -2.25. The van der Waals surface area contributed by atoms with Crippen LogP contribution in [0.25, 0.3) is 0 Å². The summed E-state index contributed by atoms with van der Waals surface area (Å²) in [5.41, 5.74) is 4.27. The fraction of sp³-hybridized carbons (Fsp3) is 0.368. The quantitative estimate of drug-likeness (QED) is 0.791. The molecule has 1 saturated carbocycles. The number of rotatable bonds is 6. The number of halogens is 1. The molecule has 0 radical (unpaired) electrons. The Bertz CT molecular complexity index is 604. The van der Waals surface area contributed by atoms with Gasteiger partial charge in [0.1, 0.15) is 0 Å². The van der Waals surface area contributed by atoms with E-state index in [1.54, 1.807) is 0 Å². The molecule has 1 fully saturated rings. The van der Waals surface area contributed by atoms with Gasteiger partial charge in [0.05, 0.1) is 0 Å². The highest BCUT2D eigenvalue weighted by atomic mass is 79.9. The minimum absolute atomic E-state index is 0.543. The highest BCUT2D eigenvalue weighted by Gasteiger charge is 2.23. The van der Waals surface area contributed by atoms with Crippen LogP contribution in [0.1, 0.15) is 35.4 Å². The van der Waals surface area contributed by atoms with E-state index >= 15 is 0 Å². The molecule has 2 heteroatoms. The van der Waals surface area contributed by atoms with Gasteiger partial charge in [0.25, 0.3) is 0 Å². The Hall–Kier alpha value is -1.12. The summed E-state index contributed by atoms with van der Waals surface area (Å²) in [5, 5.41) is 3.71. The van der Waals surface area contributed by atoms with Gasteiger partial charge in [0.15, 0.2) is 0 Å². The molecule has 1 aliphatic rings. The second-order valence-corrected chi connectivity index (χ2v) is 6.99. The van der Waals surface area contributed by atoms with Crippen molar-refractivity contribution in [3.05, 3.63) is 69.7 Å². The van der Waals surface area contributed by atoms with Crippen LogP contribution in [0.15, 0.2) is 53.0 Å². The smallest absolute Gasteiger partial charge is 0.0177 e. The van der Waals surface area contributed by atoms with Gasteiger partial charge in [-0.1, -0.05) is 52.3 Å². The normalized spacial score (nSPS) is 15.9. The van der Waals surface area contributed by atoms with Gasteiger partial charge in [-0.15, -0.1) is 0 Å². The first-order valence-electron chi connectivity index (χ1n) is 7.76. The van der Waals surface area contributed by atoms with E-state index in [4.69, 9.17) is 0 Å². The minimum Gasteiger partial charge on any atom is -0.313 e.